The molecular weight excluding hydrogens is 210 g/mol. The summed E-state index contributed by atoms with van der Waals surface area (Å²) in [5, 5.41) is 10.8. The molecule has 2 unspecified atom stereocenters. The predicted octanol–water partition coefficient (Wildman–Crippen LogP) is 2.24. The first-order chi connectivity index (χ1) is 8.21. The fourth-order valence-corrected chi connectivity index (χ4v) is 3.69. The highest BCUT2D eigenvalue weighted by molar-refractivity contribution is 5.24. The fourth-order valence-electron chi connectivity index (χ4n) is 3.69. The Balaban J connectivity index is 1.77. The minimum atomic E-state index is -0.559. The van der Waals surface area contributed by atoms with Gasteiger partial charge in [0.25, 0.3) is 0 Å². The molecular formula is C15H21NO. The monoisotopic (exact) mass is 231 g/mol. The van der Waals surface area contributed by atoms with Crippen LogP contribution in [0.15, 0.2) is 30.3 Å². The van der Waals surface area contributed by atoms with Gasteiger partial charge in [-0.2, -0.15) is 0 Å². The first-order valence-corrected chi connectivity index (χ1v) is 6.71. The van der Waals surface area contributed by atoms with Gasteiger partial charge in [0, 0.05) is 13.1 Å². The van der Waals surface area contributed by atoms with Gasteiger partial charge in [-0.3, -0.25) is 0 Å². The lowest BCUT2D eigenvalue weighted by atomic mass is 9.90. The summed E-state index contributed by atoms with van der Waals surface area (Å²) in [6, 6.07) is 10.2. The van der Waals surface area contributed by atoms with E-state index < -0.39 is 5.60 Å². The van der Waals surface area contributed by atoms with Gasteiger partial charge in [-0.25, -0.2) is 0 Å². The Kier molecular flexibility index (Phi) is 2.72. The first-order valence-electron chi connectivity index (χ1n) is 6.71. The van der Waals surface area contributed by atoms with Gasteiger partial charge in [-0.05, 0) is 36.8 Å². The van der Waals surface area contributed by atoms with E-state index in [4.69, 9.17) is 0 Å². The van der Waals surface area contributed by atoms with E-state index >= 15 is 0 Å². The summed E-state index contributed by atoms with van der Waals surface area (Å²) >= 11 is 0. The zero-order valence-electron chi connectivity index (χ0n) is 10.5. The molecule has 3 rings (SSSR count). The molecule has 0 amide bonds. The minimum Gasteiger partial charge on any atom is -0.385 e. The lowest BCUT2D eigenvalue weighted by Gasteiger charge is -2.26. The summed E-state index contributed by atoms with van der Waals surface area (Å²) in [5.74, 6) is 1.39. The molecule has 1 heterocycles. The number of hydrogen-bond donors (Lipinski definition) is 1. The van der Waals surface area contributed by atoms with Crippen molar-refractivity contribution in [2.75, 3.05) is 19.6 Å². The van der Waals surface area contributed by atoms with Crippen LogP contribution in [0.25, 0.3) is 0 Å². The van der Waals surface area contributed by atoms with Crippen molar-refractivity contribution in [2.45, 2.75) is 25.4 Å². The molecule has 0 radical (unpaired) electrons. The number of aliphatic hydroxyl groups is 1. The van der Waals surface area contributed by atoms with Crippen LogP contribution in [0.3, 0.4) is 0 Å². The van der Waals surface area contributed by atoms with Crippen LogP contribution in [-0.2, 0) is 5.60 Å². The second-order valence-electron chi connectivity index (χ2n) is 5.68. The average Bonchev–Trinajstić information content (AvgIpc) is 2.85. The number of rotatable bonds is 2. The van der Waals surface area contributed by atoms with Crippen molar-refractivity contribution in [3.63, 3.8) is 0 Å². The van der Waals surface area contributed by atoms with E-state index in [0.717, 1.165) is 24.9 Å². The maximum absolute atomic E-state index is 10.8. The lowest BCUT2D eigenvalue weighted by Crippen LogP contribution is -2.28. The average molecular weight is 231 g/mol. The second-order valence-corrected chi connectivity index (χ2v) is 5.68. The smallest absolute Gasteiger partial charge is 0.0903 e. The van der Waals surface area contributed by atoms with Crippen LogP contribution in [0.2, 0.25) is 0 Å². The molecule has 1 saturated carbocycles. The Morgan fingerprint density at radius 2 is 1.76 bits per heavy atom. The van der Waals surface area contributed by atoms with Gasteiger partial charge in [0.15, 0.2) is 0 Å². The summed E-state index contributed by atoms with van der Waals surface area (Å²) in [6.07, 6.45) is 1.89. The van der Waals surface area contributed by atoms with Crippen LogP contribution >= 0.6 is 0 Å². The molecule has 1 saturated heterocycles. The molecule has 1 aromatic carbocycles. The normalized spacial score (nSPS) is 37.3. The zero-order chi connectivity index (χ0) is 11.9. The molecule has 2 heteroatoms. The van der Waals surface area contributed by atoms with Gasteiger partial charge in [0.1, 0.15) is 0 Å². The standard InChI is InChI=1S/C15H21NO/c1-2-16-10-12-8-15(17,9-13(12)11-16)14-6-4-3-5-7-14/h3-7,12-13,17H,2,8-11H2,1H3/t12-,13?,15?/m1/s1. The summed E-state index contributed by atoms with van der Waals surface area (Å²) in [5.41, 5.74) is 0.550. The van der Waals surface area contributed by atoms with Crippen LogP contribution < -0.4 is 0 Å². The molecule has 1 aliphatic carbocycles. The van der Waals surface area contributed by atoms with Crippen molar-refractivity contribution in [1.29, 1.82) is 0 Å². The van der Waals surface area contributed by atoms with E-state index in [1.54, 1.807) is 0 Å². The summed E-state index contributed by atoms with van der Waals surface area (Å²) < 4.78 is 0. The van der Waals surface area contributed by atoms with Gasteiger partial charge < -0.3 is 10.0 Å². The SMILES string of the molecule is CCN1CC2CC(O)(c3ccccc3)C[C@@H]2C1. The molecule has 2 nitrogen and oxygen atoms in total. The number of nitrogens with zero attached hydrogens (tertiary/aromatic N) is 1. The van der Waals surface area contributed by atoms with Crippen molar-refractivity contribution in [3.05, 3.63) is 35.9 Å². The van der Waals surface area contributed by atoms with Crippen LogP contribution in [-0.4, -0.2) is 29.6 Å². The van der Waals surface area contributed by atoms with Gasteiger partial charge in [0.2, 0.25) is 0 Å². The van der Waals surface area contributed by atoms with Crippen molar-refractivity contribution in [2.24, 2.45) is 11.8 Å². The highest BCUT2D eigenvalue weighted by Crippen LogP contribution is 2.48. The maximum atomic E-state index is 10.8. The number of fused-ring (bicyclic) bond motifs is 1. The van der Waals surface area contributed by atoms with Crippen molar-refractivity contribution in [1.82, 2.24) is 4.90 Å². The topological polar surface area (TPSA) is 23.5 Å². The van der Waals surface area contributed by atoms with E-state index in [9.17, 15) is 5.11 Å². The molecule has 2 fully saturated rings. The largest absolute Gasteiger partial charge is 0.385 e. The summed E-state index contributed by atoms with van der Waals surface area (Å²) in [7, 11) is 0. The van der Waals surface area contributed by atoms with Crippen LogP contribution in [0.4, 0.5) is 0 Å². The molecule has 92 valence electrons. The first kappa shape index (κ1) is 11.2. The molecule has 0 bridgehead atoms. The zero-order valence-corrected chi connectivity index (χ0v) is 10.5. The second kappa shape index (κ2) is 4.11. The maximum Gasteiger partial charge on any atom is 0.0903 e. The van der Waals surface area contributed by atoms with Gasteiger partial charge in [0.05, 0.1) is 5.60 Å². The Hall–Kier alpha value is -0.860. The van der Waals surface area contributed by atoms with E-state index in [0.29, 0.717) is 11.8 Å². The van der Waals surface area contributed by atoms with Crippen molar-refractivity contribution >= 4 is 0 Å². The Morgan fingerprint density at radius 3 is 2.29 bits per heavy atom. The van der Waals surface area contributed by atoms with Crippen LogP contribution in [0, 0.1) is 11.8 Å². The number of hydrogen-bond acceptors (Lipinski definition) is 2. The molecule has 0 spiro atoms. The molecule has 1 aromatic rings. The van der Waals surface area contributed by atoms with E-state index in [-0.39, 0.29) is 0 Å². The lowest BCUT2D eigenvalue weighted by molar-refractivity contribution is 0.0316. The third-order valence-corrected chi connectivity index (χ3v) is 4.61. The van der Waals surface area contributed by atoms with E-state index in [2.05, 4.69) is 24.0 Å². The number of likely N-dealkylation sites (tertiary alicyclic amines) is 1. The Morgan fingerprint density at radius 1 is 1.18 bits per heavy atom. The quantitative estimate of drug-likeness (QED) is 0.843. The third kappa shape index (κ3) is 1.90. The van der Waals surface area contributed by atoms with Crippen molar-refractivity contribution in [3.8, 4) is 0 Å². The van der Waals surface area contributed by atoms with Gasteiger partial charge in [-0.15, -0.1) is 0 Å². The molecule has 1 aliphatic heterocycles. The van der Waals surface area contributed by atoms with Crippen LogP contribution in [0.5, 0.6) is 0 Å². The molecule has 0 aromatic heterocycles. The molecule has 2 aliphatic rings. The fraction of sp³-hybridized carbons (Fsp3) is 0.600. The highest BCUT2D eigenvalue weighted by atomic mass is 16.3. The third-order valence-electron chi connectivity index (χ3n) is 4.61. The molecule has 3 atom stereocenters. The summed E-state index contributed by atoms with van der Waals surface area (Å²) in [6.45, 7) is 5.73. The van der Waals surface area contributed by atoms with E-state index in [1.165, 1.54) is 13.1 Å². The number of benzene rings is 1. The van der Waals surface area contributed by atoms with Gasteiger partial charge in [-0.1, -0.05) is 37.3 Å². The van der Waals surface area contributed by atoms with Crippen LogP contribution in [0.1, 0.15) is 25.3 Å². The molecule has 1 N–H and O–H groups in total. The van der Waals surface area contributed by atoms with Crippen molar-refractivity contribution < 1.29 is 5.11 Å². The highest BCUT2D eigenvalue weighted by Gasteiger charge is 2.48. The van der Waals surface area contributed by atoms with Gasteiger partial charge >= 0.3 is 0 Å². The minimum absolute atomic E-state index is 0.559. The van der Waals surface area contributed by atoms with E-state index in [1.807, 2.05) is 18.2 Å². The molecule has 17 heavy (non-hydrogen) atoms. The Labute approximate surface area is 103 Å². The Bertz CT molecular complexity index is 375. The predicted molar refractivity (Wildman–Crippen MR) is 68.7 cm³/mol. The summed E-state index contributed by atoms with van der Waals surface area (Å²) in [4.78, 5) is 2.51.